The van der Waals surface area contributed by atoms with E-state index in [2.05, 4.69) is 15.0 Å². The van der Waals surface area contributed by atoms with Gasteiger partial charge in [-0.05, 0) is 36.4 Å². The van der Waals surface area contributed by atoms with Gasteiger partial charge in [0.2, 0.25) is 0 Å². The summed E-state index contributed by atoms with van der Waals surface area (Å²) >= 11 is 5.84. The normalized spacial score (nSPS) is 10.6. The quantitative estimate of drug-likeness (QED) is 0.724. The predicted octanol–water partition coefficient (Wildman–Crippen LogP) is 3.19. The van der Waals surface area contributed by atoms with Crippen molar-refractivity contribution >= 4 is 28.6 Å². The highest BCUT2D eigenvalue weighted by atomic mass is 35.5. The van der Waals surface area contributed by atoms with Gasteiger partial charge in [0.1, 0.15) is 23.7 Å². The third-order valence-corrected chi connectivity index (χ3v) is 3.47. The van der Waals surface area contributed by atoms with Crippen LogP contribution >= 0.6 is 11.6 Å². The molecule has 0 saturated carbocycles. The summed E-state index contributed by atoms with van der Waals surface area (Å²) in [4.78, 5) is 14.9. The Balaban J connectivity index is 1.60. The molecule has 0 fully saturated rings. The van der Waals surface area contributed by atoms with Crippen LogP contribution in [0.5, 0.6) is 5.75 Å². The number of pyridine rings is 1. The second-order valence-electron chi connectivity index (χ2n) is 4.79. The number of hydrogen-bond donors (Lipinski definition) is 0. The van der Waals surface area contributed by atoms with Gasteiger partial charge in [-0.15, -0.1) is 0 Å². The summed E-state index contributed by atoms with van der Waals surface area (Å²) < 4.78 is 5.68. The van der Waals surface area contributed by atoms with Gasteiger partial charge in [-0.1, -0.05) is 11.6 Å². The standard InChI is InChI=1S/C16H15ClN4O/c1-21(10-11-22-13-4-2-12(17)3-5-13)15-7-6-14-16(20-15)19-9-8-18-14/h2-9H,10-11H2,1H3. The van der Waals surface area contributed by atoms with E-state index < -0.39 is 0 Å². The van der Waals surface area contributed by atoms with Gasteiger partial charge in [0, 0.05) is 24.5 Å². The van der Waals surface area contributed by atoms with E-state index in [4.69, 9.17) is 16.3 Å². The van der Waals surface area contributed by atoms with Crippen molar-refractivity contribution in [3.63, 3.8) is 0 Å². The Morgan fingerprint density at radius 3 is 2.64 bits per heavy atom. The average molecular weight is 315 g/mol. The Labute approximate surface area is 133 Å². The summed E-state index contributed by atoms with van der Waals surface area (Å²) in [7, 11) is 1.97. The maximum Gasteiger partial charge on any atom is 0.180 e. The first-order valence-corrected chi connectivity index (χ1v) is 7.27. The average Bonchev–Trinajstić information content (AvgIpc) is 2.56. The van der Waals surface area contributed by atoms with E-state index in [1.165, 1.54) is 0 Å². The minimum atomic E-state index is 0.554. The Kier molecular flexibility index (Phi) is 4.34. The zero-order chi connectivity index (χ0) is 15.4. The molecule has 0 spiro atoms. The zero-order valence-corrected chi connectivity index (χ0v) is 12.9. The topological polar surface area (TPSA) is 51.1 Å². The molecule has 6 heteroatoms. The van der Waals surface area contributed by atoms with E-state index >= 15 is 0 Å². The summed E-state index contributed by atoms with van der Waals surface area (Å²) in [5.41, 5.74) is 1.43. The number of nitrogens with zero attached hydrogens (tertiary/aromatic N) is 4. The third kappa shape index (κ3) is 3.43. The molecule has 1 aromatic carbocycles. The van der Waals surface area contributed by atoms with Crippen LogP contribution in [-0.4, -0.2) is 35.2 Å². The Morgan fingerprint density at radius 1 is 1.05 bits per heavy atom. The van der Waals surface area contributed by atoms with Gasteiger partial charge in [0.05, 0.1) is 6.54 Å². The highest BCUT2D eigenvalue weighted by Crippen LogP contribution is 2.16. The van der Waals surface area contributed by atoms with Crippen LogP contribution in [0.4, 0.5) is 5.82 Å². The molecule has 22 heavy (non-hydrogen) atoms. The lowest BCUT2D eigenvalue weighted by Gasteiger charge is -2.18. The van der Waals surface area contributed by atoms with Crippen molar-refractivity contribution in [3.8, 4) is 5.75 Å². The highest BCUT2D eigenvalue weighted by molar-refractivity contribution is 6.30. The number of benzene rings is 1. The van der Waals surface area contributed by atoms with Crippen LogP contribution in [0, 0.1) is 0 Å². The molecule has 0 N–H and O–H groups in total. The van der Waals surface area contributed by atoms with E-state index in [0.29, 0.717) is 23.8 Å². The first kappa shape index (κ1) is 14.5. The smallest absolute Gasteiger partial charge is 0.180 e. The molecule has 112 valence electrons. The van der Waals surface area contributed by atoms with Gasteiger partial charge in [-0.25, -0.2) is 9.97 Å². The molecule has 0 aliphatic carbocycles. The number of halogens is 1. The number of aromatic nitrogens is 3. The number of likely N-dealkylation sites (N-methyl/N-ethyl adjacent to an activating group) is 1. The van der Waals surface area contributed by atoms with Gasteiger partial charge in [0.15, 0.2) is 5.65 Å². The molecular formula is C16H15ClN4O. The number of ether oxygens (including phenoxy) is 1. The predicted molar refractivity (Wildman–Crippen MR) is 87.6 cm³/mol. The molecule has 3 aromatic rings. The Hall–Kier alpha value is -2.40. The van der Waals surface area contributed by atoms with Crippen LogP contribution in [0.1, 0.15) is 0 Å². The third-order valence-electron chi connectivity index (χ3n) is 3.22. The molecule has 0 aliphatic rings. The molecule has 0 aliphatic heterocycles. The van der Waals surface area contributed by atoms with Crippen molar-refractivity contribution in [1.29, 1.82) is 0 Å². The molecule has 2 aromatic heterocycles. The molecular weight excluding hydrogens is 300 g/mol. The van der Waals surface area contributed by atoms with Crippen molar-refractivity contribution in [2.45, 2.75) is 0 Å². The lowest BCUT2D eigenvalue weighted by Crippen LogP contribution is -2.24. The van der Waals surface area contributed by atoms with Gasteiger partial charge in [-0.2, -0.15) is 0 Å². The minimum absolute atomic E-state index is 0.554. The number of rotatable bonds is 5. The van der Waals surface area contributed by atoms with Crippen LogP contribution in [0.25, 0.3) is 11.2 Å². The Morgan fingerprint density at radius 2 is 1.82 bits per heavy atom. The van der Waals surface area contributed by atoms with E-state index in [9.17, 15) is 0 Å². The molecule has 0 bridgehead atoms. The van der Waals surface area contributed by atoms with E-state index in [1.807, 2.05) is 48.3 Å². The summed E-state index contributed by atoms with van der Waals surface area (Å²) in [5, 5.41) is 0.700. The fourth-order valence-corrected chi connectivity index (χ4v) is 2.13. The van der Waals surface area contributed by atoms with E-state index in [-0.39, 0.29) is 0 Å². The Bertz CT molecular complexity index is 763. The van der Waals surface area contributed by atoms with E-state index in [0.717, 1.165) is 17.1 Å². The minimum Gasteiger partial charge on any atom is -0.492 e. The van der Waals surface area contributed by atoms with Crippen LogP contribution in [-0.2, 0) is 0 Å². The molecule has 0 unspecified atom stereocenters. The zero-order valence-electron chi connectivity index (χ0n) is 12.1. The molecule has 0 radical (unpaired) electrons. The van der Waals surface area contributed by atoms with Gasteiger partial charge >= 0.3 is 0 Å². The lowest BCUT2D eigenvalue weighted by molar-refractivity contribution is 0.325. The highest BCUT2D eigenvalue weighted by Gasteiger charge is 2.05. The maximum absolute atomic E-state index is 5.84. The maximum atomic E-state index is 5.84. The van der Waals surface area contributed by atoms with Crippen LogP contribution in [0.3, 0.4) is 0 Å². The van der Waals surface area contributed by atoms with Crippen molar-refractivity contribution in [2.75, 3.05) is 25.1 Å². The van der Waals surface area contributed by atoms with Gasteiger partial charge in [-0.3, -0.25) is 4.98 Å². The molecule has 0 atom stereocenters. The van der Waals surface area contributed by atoms with Crippen LogP contribution < -0.4 is 9.64 Å². The first-order chi connectivity index (χ1) is 10.7. The summed E-state index contributed by atoms with van der Waals surface area (Å²) in [6.45, 7) is 1.26. The fraction of sp³-hybridized carbons (Fsp3) is 0.188. The van der Waals surface area contributed by atoms with Crippen molar-refractivity contribution in [2.24, 2.45) is 0 Å². The summed E-state index contributed by atoms with van der Waals surface area (Å²) in [6.07, 6.45) is 3.30. The second kappa shape index (κ2) is 6.58. The second-order valence-corrected chi connectivity index (χ2v) is 5.23. The SMILES string of the molecule is CN(CCOc1ccc(Cl)cc1)c1ccc2nccnc2n1. The summed E-state index contributed by atoms with van der Waals surface area (Å²) in [6, 6.07) is 11.2. The van der Waals surface area contributed by atoms with Crippen molar-refractivity contribution in [1.82, 2.24) is 15.0 Å². The van der Waals surface area contributed by atoms with Crippen molar-refractivity contribution in [3.05, 3.63) is 53.8 Å². The lowest BCUT2D eigenvalue weighted by atomic mass is 10.3. The number of hydrogen-bond acceptors (Lipinski definition) is 5. The molecule has 5 nitrogen and oxygen atoms in total. The molecule has 0 amide bonds. The summed E-state index contributed by atoms with van der Waals surface area (Å²) in [5.74, 6) is 1.64. The van der Waals surface area contributed by atoms with Gasteiger partial charge < -0.3 is 9.64 Å². The molecule has 0 saturated heterocycles. The first-order valence-electron chi connectivity index (χ1n) is 6.90. The number of anilines is 1. The monoisotopic (exact) mass is 314 g/mol. The van der Waals surface area contributed by atoms with Crippen LogP contribution in [0.15, 0.2) is 48.8 Å². The van der Waals surface area contributed by atoms with Crippen LogP contribution in [0.2, 0.25) is 5.02 Å². The van der Waals surface area contributed by atoms with E-state index in [1.54, 1.807) is 12.4 Å². The molecule has 3 rings (SSSR count). The number of fused-ring (bicyclic) bond motifs is 1. The molecule has 2 heterocycles. The van der Waals surface area contributed by atoms with Gasteiger partial charge in [0.25, 0.3) is 0 Å². The fourth-order valence-electron chi connectivity index (χ4n) is 2.00. The van der Waals surface area contributed by atoms with Crippen molar-refractivity contribution < 1.29 is 4.74 Å². The largest absolute Gasteiger partial charge is 0.492 e.